The molecule has 0 N–H and O–H groups in total. The number of aryl methyl sites for hydroxylation is 1. The molecule has 0 aliphatic rings. The van der Waals surface area contributed by atoms with E-state index in [1.807, 2.05) is 39.8 Å². The molecule has 0 bridgehead atoms. The summed E-state index contributed by atoms with van der Waals surface area (Å²) in [7, 11) is 0. The minimum absolute atomic E-state index is 0.176. The molecule has 1 aromatic heterocycles. The number of hydrogen-bond donors (Lipinski definition) is 0. The van der Waals surface area contributed by atoms with Gasteiger partial charge in [-0.1, -0.05) is 44.5 Å². The number of nitrogens with zero attached hydrogens (tertiary/aromatic N) is 2. The van der Waals surface area contributed by atoms with Crippen LogP contribution in [0.25, 0.3) is 0 Å². The molecule has 0 unspecified atom stereocenters. The molecular weight excluding hydrogens is 272 g/mol. The summed E-state index contributed by atoms with van der Waals surface area (Å²) in [5.41, 5.74) is 2.10. The van der Waals surface area contributed by atoms with Gasteiger partial charge in [-0.05, 0) is 31.0 Å². The molecule has 0 aliphatic carbocycles. The maximum atomic E-state index is 6.06. The molecule has 0 radical (unpaired) electrons. The quantitative estimate of drug-likeness (QED) is 0.743. The number of halogens is 1. The molecule has 0 aliphatic heterocycles. The van der Waals surface area contributed by atoms with Crippen molar-refractivity contribution in [1.29, 1.82) is 0 Å². The van der Waals surface area contributed by atoms with Gasteiger partial charge in [0.2, 0.25) is 5.88 Å². The molecule has 3 nitrogen and oxygen atoms in total. The van der Waals surface area contributed by atoms with Gasteiger partial charge in [0.1, 0.15) is 16.7 Å². The second kappa shape index (κ2) is 5.41. The van der Waals surface area contributed by atoms with Gasteiger partial charge in [0.05, 0.1) is 0 Å². The molecule has 2 aromatic rings. The van der Waals surface area contributed by atoms with Crippen molar-refractivity contribution in [2.24, 2.45) is 0 Å². The van der Waals surface area contributed by atoms with E-state index in [0.717, 1.165) is 11.3 Å². The first-order valence-corrected chi connectivity index (χ1v) is 6.94. The molecule has 0 saturated carbocycles. The first-order chi connectivity index (χ1) is 9.27. The van der Waals surface area contributed by atoms with Crippen molar-refractivity contribution in [3.63, 3.8) is 0 Å². The van der Waals surface area contributed by atoms with E-state index in [1.54, 1.807) is 6.07 Å². The summed E-state index contributed by atoms with van der Waals surface area (Å²) < 4.78 is 5.87. The zero-order valence-electron chi connectivity index (χ0n) is 12.5. The Morgan fingerprint density at radius 3 is 2.45 bits per heavy atom. The highest BCUT2D eigenvalue weighted by atomic mass is 35.5. The van der Waals surface area contributed by atoms with Crippen molar-refractivity contribution >= 4 is 11.6 Å². The summed E-state index contributed by atoms with van der Waals surface area (Å²) in [6.45, 7) is 10.2. The van der Waals surface area contributed by atoms with Crippen LogP contribution in [0.15, 0.2) is 24.3 Å². The van der Waals surface area contributed by atoms with Crippen LogP contribution in [0.3, 0.4) is 0 Å². The highest BCUT2D eigenvalue weighted by Crippen LogP contribution is 2.29. The Kier molecular flexibility index (Phi) is 4.00. The fraction of sp³-hybridized carbons (Fsp3) is 0.375. The van der Waals surface area contributed by atoms with Crippen LogP contribution in [0, 0.1) is 13.8 Å². The lowest BCUT2D eigenvalue weighted by atomic mass is 9.96. The standard InChI is InChI=1S/C16H19ClN2O/c1-10-7-6-8-12(11(10)2)20-14-9-13(17)18-15(19-14)16(3,4)5/h6-9H,1-5H3. The normalized spacial score (nSPS) is 11.5. The van der Waals surface area contributed by atoms with Crippen LogP contribution in [0.2, 0.25) is 5.15 Å². The average molecular weight is 291 g/mol. The number of aromatic nitrogens is 2. The maximum absolute atomic E-state index is 6.06. The molecule has 106 valence electrons. The third kappa shape index (κ3) is 3.28. The van der Waals surface area contributed by atoms with Crippen molar-refractivity contribution in [3.05, 3.63) is 46.4 Å². The topological polar surface area (TPSA) is 35.0 Å². The van der Waals surface area contributed by atoms with Crippen LogP contribution in [0.1, 0.15) is 37.7 Å². The van der Waals surface area contributed by atoms with E-state index in [-0.39, 0.29) is 5.41 Å². The van der Waals surface area contributed by atoms with Gasteiger partial charge in [-0.2, -0.15) is 4.98 Å². The predicted molar refractivity (Wildman–Crippen MR) is 81.7 cm³/mol. The number of rotatable bonds is 2. The van der Waals surface area contributed by atoms with E-state index in [4.69, 9.17) is 16.3 Å². The second-order valence-corrected chi connectivity index (χ2v) is 6.29. The zero-order valence-corrected chi connectivity index (χ0v) is 13.2. The summed E-state index contributed by atoms with van der Waals surface area (Å²) in [4.78, 5) is 8.71. The van der Waals surface area contributed by atoms with Crippen molar-refractivity contribution in [3.8, 4) is 11.6 Å². The Balaban J connectivity index is 2.39. The molecule has 0 amide bonds. The fourth-order valence-corrected chi connectivity index (χ4v) is 1.91. The third-order valence-corrected chi connectivity index (χ3v) is 3.31. The van der Waals surface area contributed by atoms with Crippen molar-refractivity contribution in [2.45, 2.75) is 40.0 Å². The molecule has 0 spiro atoms. The molecule has 0 fully saturated rings. The van der Waals surface area contributed by atoms with E-state index >= 15 is 0 Å². The largest absolute Gasteiger partial charge is 0.439 e. The van der Waals surface area contributed by atoms with Crippen LogP contribution in [0.4, 0.5) is 0 Å². The lowest BCUT2D eigenvalue weighted by Crippen LogP contribution is -2.16. The number of benzene rings is 1. The fourth-order valence-electron chi connectivity index (χ4n) is 1.73. The first kappa shape index (κ1) is 14.8. The van der Waals surface area contributed by atoms with Gasteiger partial charge in [0.25, 0.3) is 0 Å². The monoisotopic (exact) mass is 290 g/mol. The van der Waals surface area contributed by atoms with Crippen LogP contribution in [-0.2, 0) is 5.41 Å². The lowest BCUT2D eigenvalue weighted by Gasteiger charge is -2.18. The van der Waals surface area contributed by atoms with Gasteiger partial charge in [-0.3, -0.25) is 0 Å². The van der Waals surface area contributed by atoms with E-state index in [0.29, 0.717) is 16.9 Å². The van der Waals surface area contributed by atoms with Gasteiger partial charge in [0.15, 0.2) is 0 Å². The minimum Gasteiger partial charge on any atom is -0.439 e. The van der Waals surface area contributed by atoms with Crippen LogP contribution in [-0.4, -0.2) is 9.97 Å². The first-order valence-electron chi connectivity index (χ1n) is 6.56. The van der Waals surface area contributed by atoms with Crippen molar-refractivity contribution in [1.82, 2.24) is 9.97 Å². The van der Waals surface area contributed by atoms with E-state index < -0.39 is 0 Å². The Bertz CT molecular complexity index is 633. The smallest absolute Gasteiger partial charge is 0.224 e. The Morgan fingerprint density at radius 1 is 1.10 bits per heavy atom. The van der Waals surface area contributed by atoms with Gasteiger partial charge >= 0.3 is 0 Å². The second-order valence-electron chi connectivity index (χ2n) is 5.90. The molecular formula is C16H19ClN2O. The summed E-state index contributed by atoms with van der Waals surface area (Å²) in [6, 6.07) is 7.58. The zero-order chi connectivity index (χ0) is 14.9. The van der Waals surface area contributed by atoms with Gasteiger partial charge < -0.3 is 4.74 Å². The van der Waals surface area contributed by atoms with Crippen LogP contribution in [0.5, 0.6) is 11.6 Å². The molecule has 4 heteroatoms. The van der Waals surface area contributed by atoms with Gasteiger partial charge in [-0.15, -0.1) is 0 Å². The molecule has 0 atom stereocenters. The minimum atomic E-state index is -0.176. The molecule has 2 rings (SSSR count). The lowest BCUT2D eigenvalue weighted by molar-refractivity contribution is 0.443. The molecule has 1 heterocycles. The van der Waals surface area contributed by atoms with Crippen molar-refractivity contribution in [2.75, 3.05) is 0 Å². The molecule has 20 heavy (non-hydrogen) atoms. The summed E-state index contributed by atoms with van der Waals surface area (Å²) in [5.74, 6) is 1.94. The van der Waals surface area contributed by atoms with Gasteiger partial charge in [-0.25, -0.2) is 4.98 Å². The number of hydrogen-bond acceptors (Lipinski definition) is 3. The number of ether oxygens (including phenoxy) is 1. The Labute approximate surface area is 125 Å². The summed E-state index contributed by atoms with van der Waals surface area (Å²) in [5, 5.41) is 0.394. The highest BCUT2D eigenvalue weighted by Gasteiger charge is 2.19. The Hall–Kier alpha value is -1.61. The highest BCUT2D eigenvalue weighted by molar-refractivity contribution is 6.29. The van der Waals surface area contributed by atoms with E-state index in [1.165, 1.54) is 5.56 Å². The predicted octanol–water partition coefficient (Wildman–Crippen LogP) is 4.84. The van der Waals surface area contributed by atoms with E-state index in [9.17, 15) is 0 Å². The van der Waals surface area contributed by atoms with E-state index in [2.05, 4.69) is 23.0 Å². The Morgan fingerprint density at radius 2 is 1.80 bits per heavy atom. The van der Waals surface area contributed by atoms with Gasteiger partial charge in [0, 0.05) is 11.5 Å². The van der Waals surface area contributed by atoms with Crippen LogP contribution >= 0.6 is 11.6 Å². The summed E-state index contributed by atoms with van der Waals surface area (Å²) in [6.07, 6.45) is 0. The third-order valence-electron chi connectivity index (χ3n) is 3.11. The molecule has 1 aromatic carbocycles. The average Bonchev–Trinajstić information content (AvgIpc) is 2.33. The van der Waals surface area contributed by atoms with Crippen LogP contribution < -0.4 is 4.74 Å². The molecule has 0 saturated heterocycles. The maximum Gasteiger partial charge on any atom is 0.224 e. The SMILES string of the molecule is Cc1cccc(Oc2cc(Cl)nc(C(C)(C)C)n2)c1C. The summed E-state index contributed by atoms with van der Waals surface area (Å²) >= 11 is 6.06. The van der Waals surface area contributed by atoms with Crippen molar-refractivity contribution < 1.29 is 4.74 Å².